The van der Waals surface area contributed by atoms with E-state index in [4.69, 9.17) is 0 Å². The zero-order chi connectivity index (χ0) is 14.2. The first-order valence-corrected chi connectivity index (χ1v) is 7.37. The third kappa shape index (κ3) is 2.13. The molecule has 0 spiro atoms. The number of nitrogens with one attached hydrogen (secondary N) is 1. The molecule has 3 heterocycles. The van der Waals surface area contributed by atoms with Gasteiger partial charge in [0.2, 0.25) is 5.95 Å². The number of fused-ring (bicyclic) bond motifs is 1. The van der Waals surface area contributed by atoms with E-state index in [0.29, 0.717) is 5.95 Å². The molecule has 4 rings (SSSR count). The number of hydrogen-bond acceptors (Lipinski definition) is 4. The summed E-state index contributed by atoms with van der Waals surface area (Å²) in [5, 5.41) is 9.56. The molecule has 0 unspecified atom stereocenters. The Balaban J connectivity index is 1.80. The first-order valence-electron chi connectivity index (χ1n) is 6.49. The number of anilines is 1. The van der Waals surface area contributed by atoms with Crippen molar-refractivity contribution in [2.45, 2.75) is 6.04 Å². The van der Waals surface area contributed by atoms with Gasteiger partial charge in [0.05, 0.1) is 0 Å². The molecule has 0 amide bonds. The standard InChI is InChI=1S/C15H11FN4S/c16-11-5-3-10(4-6-11)12-8-13(14-2-1-7-21-14)20-15(19-12)17-9-18-20/h1-9,13H,(H,17,18,19)/t13-/m1/s1. The van der Waals surface area contributed by atoms with Crippen LogP contribution >= 0.6 is 11.3 Å². The van der Waals surface area contributed by atoms with Crippen molar-refractivity contribution < 1.29 is 4.39 Å². The summed E-state index contributed by atoms with van der Waals surface area (Å²) in [4.78, 5) is 5.42. The monoisotopic (exact) mass is 298 g/mol. The molecule has 1 N–H and O–H groups in total. The van der Waals surface area contributed by atoms with Crippen molar-refractivity contribution in [3.63, 3.8) is 0 Å². The Kier molecular flexibility index (Phi) is 2.82. The topological polar surface area (TPSA) is 42.7 Å². The molecule has 0 bridgehead atoms. The van der Waals surface area contributed by atoms with Crippen LogP contribution in [0.3, 0.4) is 0 Å². The molecule has 1 aromatic carbocycles. The third-order valence-corrected chi connectivity index (χ3v) is 4.34. The maximum absolute atomic E-state index is 13.1. The van der Waals surface area contributed by atoms with Crippen molar-refractivity contribution in [1.29, 1.82) is 0 Å². The smallest absolute Gasteiger partial charge is 0.226 e. The predicted octanol–water partition coefficient (Wildman–Crippen LogP) is 3.53. The average molecular weight is 298 g/mol. The SMILES string of the molecule is Fc1ccc(C2=C[C@H](c3cccs3)n3ncnc3N2)cc1. The number of hydrogen-bond donors (Lipinski definition) is 1. The van der Waals surface area contributed by atoms with Gasteiger partial charge in [0, 0.05) is 10.6 Å². The molecule has 0 saturated heterocycles. The summed E-state index contributed by atoms with van der Waals surface area (Å²) in [6.45, 7) is 0. The summed E-state index contributed by atoms with van der Waals surface area (Å²) in [5.41, 5.74) is 1.83. The predicted molar refractivity (Wildman–Crippen MR) is 80.5 cm³/mol. The van der Waals surface area contributed by atoms with E-state index in [9.17, 15) is 4.39 Å². The number of allylic oxidation sites excluding steroid dienone is 1. The van der Waals surface area contributed by atoms with Gasteiger partial charge in [0.1, 0.15) is 18.2 Å². The Morgan fingerprint density at radius 3 is 2.81 bits per heavy atom. The highest BCUT2D eigenvalue weighted by Gasteiger charge is 2.23. The second-order valence-corrected chi connectivity index (χ2v) is 5.68. The molecule has 0 saturated carbocycles. The number of benzene rings is 1. The third-order valence-electron chi connectivity index (χ3n) is 3.40. The molecule has 21 heavy (non-hydrogen) atoms. The molecule has 104 valence electrons. The van der Waals surface area contributed by atoms with Gasteiger partial charge in [-0.3, -0.25) is 0 Å². The minimum atomic E-state index is -0.242. The number of thiophene rings is 1. The zero-order valence-electron chi connectivity index (χ0n) is 10.9. The maximum atomic E-state index is 13.1. The maximum Gasteiger partial charge on any atom is 0.226 e. The highest BCUT2D eigenvalue weighted by molar-refractivity contribution is 7.10. The average Bonchev–Trinajstić information content (AvgIpc) is 3.18. The van der Waals surface area contributed by atoms with E-state index < -0.39 is 0 Å². The van der Waals surface area contributed by atoms with Gasteiger partial charge in [-0.2, -0.15) is 10.1 Å². The molecule has 3 aromatic rings. The van der Waals surface area contributed by atoms with Crippen LogP contribution in [0.4, 0.5) is 10.3 Å². The van der Waals surface area contributed by atoms with E-state index in [0.717, 1.165) is 11.3 Å². The van der Waals surface area contributed by atoms with E-state index in [2.05, 4.69) is 27.5 Å². The second-order valence-electron chi connectivity index (χ2n) is 4.70. The molecule has 1 aliphatic rings. The quantitative estimate of drug-likeness (QED) is 0.787. The summed E-state index contributed by atoms with van der Waals surface area (Å²) in [5.74, 6) is 0.448. The lowest BCUT2D eigenvalue weighted by atomic mass is 10.1. The van der Waals surface area contributed by atoms with Crippen LogP contribution in [0.2, 0.25) is 0 Å². The van der Waals surface area contributed by atoms with Crippen molar-refractivity contribution in [3.05, 3.63) is 70.4 Å². The summed E-state index contributed by atoms with van der Waals surface area (Å²) < 4.78 is 14.9. The molecule has 4 nitrogen and oxygen atoms in total. The van der Waals surface area contributed by atoms with E-state index in [-0.39, 0.29) is 11.9 Å². The fourth-order valence-corrected chi connectivity index (χ4v) is 3.17. The minimum absolute atomic E-state index is 0.00352. The van der Waals surface area contributed by atoms with E-state index in [1.54, 1.807) is 23.5 Å². The van der Waals surface area contributed by atoms with Gasteiger partial charge in [0.25, 0.3) is 0 Å². The van der Waals surface area contributed by atoms with Crippen molar-refractivity contribution in [1.82, 2.24) is 14.8 Å². The number of nitrogens with zero attached hydrogens (tertiary/aromatic N) is 3. The van der Waals surface area contributed by atoms with Gasteiger partial charge in [-0.05, 0) is 47.4 Å². The van der Waals surface area contributed by atoms with E-state index in [1.807, 2.05) is 16.1 Å². The van der Waals surface area contributed by atoms with Crippen LogP contribution in [0, 0.1) is 5.82 Å². The molecule has 1 aliphatic heterocycles. The van der Waals surface area contributed by atoms with Crippen molar-refractivity contribution in [2.75, 3.05) is 5.32 Å². The Bertz CT molecular complexity index is 789. The van der Waals surface area contributed by atoms with Crippen LogP contribution in [0.1, 0.15) is 16.5 Å². The summed E-state index contributed by atoms with van der Waals surface area (Å²) in [6, 6.07) is 10.5. The lowest BCUT2D eigenvalue weighted by Gasteiger charge is -2.23. The highest BCUT2D eigenvalue weighted by atomic mass is 32.1. The highest BCUT2D eigenvalue weighted by Crippen LogP contribution is 2.33. The van der Waals surface area contributed by atoms with Gasteiger partial charge in [-0.1, -0.05) is 6.07 Å². The fourth-order valence-electron chi connectivity index (χ4n) is 2.39. The van der Waals surface area contributed by atoms with Crippen molar-refractivity contribution >= 4 is 23.0 Å². The van der Waals surface area contributed by atoms with Gasteiger partial charge >= 0.3 is 0 Å². The molecular weight excluding hydrogens is 287 g/mol. The van der Waals surface area contributed by atoms with Crippen LogP contribution in [0.5, 0.6) is 0 Å². The minimum Gasteiger partial charge on any atom is -0.324 e. The first-order chi connectivity index (χ1) is 10.3. The van der Waals surface area contributed by atoms with Gasteiger partial charge in [-0.15, -0.1) is 11.3 Å². The fraction of sp³-hybridized carbons (Fsp3) is 0.0667. The second kappa shape index (κ2) is 4.82. The van der Waals surface area contributed by atoms with Crippen LogP contribution in [-0.4, -0.2) is 14.8 Å². The van der Waals surface area contributed by atoms with Gasteiger partial charge < -0.3 is 5.32 Å². The number of rotatable bonds is 2. The molecule has 1 atom stereocenters. The lowest BCUT2D eigenvalue weighted by molar-refractivity contribution is 0.619. The lowest BCUT2D eigenvalue weighted by Crippen LogP contribution is -2.19. The van der Waals surface area contributed by atoms with Crippen LogP contribution in [0.25, 0.3) is 5.70 Å². The molecule has 0 aliphatic carbocycles. The first kappa shape index (κ1) is 12.3. The van der Waals surface area contributed by atoms with Crippen LogP contribution in [-0.2, 0) is 0 Å². The van der Waals surface area contributed by atoms with E-state index in [1.165, 1.54) is 23.3 Å². The largest absolute Gasteiger partial charge is 0.324 e. The van der Waals surface area contributed by atoms with Crippen molar-refractivity contribution in [2.24, 2.45) is 0 Å². The Labute approximate surface area is 124 Å². The normalized spacial score (nSPS) is 17.0. The molecule has 6 heteroatoms. The zero-order valence-corrected chi connectivity index (χ0v) is 11.7. The molecule has 0 radical (unpaired) electrons. The van der Waals surface area contributed by atoms with Gasteiger partial charge in [0.15, 0.2) is 0 Å². The molecule has 0 fully saturated rings. The number of aromatic nitrogens is 3. The van der Waals surface area contributed by atoms with Crippen LogP contribution in [0.15, 0.2) is 54.2 Å². The van der Waals surface area contributed by atoms with Crippen molar-refractivity contribution in [3.8, 4) is 0 Å². The number of halogens is 1. The Morgan fingerprint density at radius 2 is 2.05 bits per heavy atom. The molecule has 2 aromatic heterocycles. The summed E-state index contributed by atoms with van der Waals surface area (Å²) in [7, 11) is 0. The van der Waals surface area contributed by atoms with Crippen LogP contribution < -0.4 is 5.32 Å². The molecular formula is C15H11FN4S. The van der Waals surface area contributed by atoms with Gasteiger partial charge in [-0.25, -0.2) is 9.07 Å². The van der Waals surface area contributed by atoms with E-state index >= 15 is 0 Å². The Hall–Kier alpha value is -2.47. The summed E-state index contributed by atoms with van der Waals surface area (Å²) >= 11 is 1.68. The Morgan fingerprint density at radius 1 is 1.19 bits per heavy atom. The summed E-state index contributed by atoms with van der Waals surface area (Å²) in [6.07, 6.45) is 3.62.